The van der Waals surface area contributed by atoms with Crippen molar-refractivity contribution in [3.63, 3.8) is 0 Å². The summed E-state index contributed by atoms with van der Waals surface area (Å²) < 4.78 is 10.0. The molecule has 0 saturated heterocycles. The summed E-state index contributed by atoms with van der Waals surface area (Å²) in [7, 11) is 0. The molecule has 0 aromatic heterocycles. The lowest BCUT2D eigenvalue weighted by Gasteiger charge is -2.10. The molecule has 0 fully saturated rings. The number of rotatable bonds is 7. The van der Waals surface area contributed by atoms with Crippen LogP contribution in [0.5, 0.6) is 11.5 Å². The Morgan fingerprint density at radius 3 is 2.63 bits per heavy atom. The molecule has 1 aromatic carbocycles. The van der Waals surface area contributed by atoms with Crippen molar-refractivity contribution in [1.29, 1.82) is 0 Å². The third kappa shape index (κ3) is 4.51. The summed E-state index contributed by atoms with van der Waals surface area (Å²) in [6.07, 6.45) is 0.109. The van der Waals surface area contributed by atoms with Crippen LogP contribution in [0.1, 0.15) is 12.5 Å². The minimum absolute atomic E-state index is 0.0540. The lowest BCUT2D eigenvalue weighted by Crippen LogP contribution is -2.11. The summed E-state index contributed by atoms with van der Waals surface area (Å²) in [5, 5.41) is 8.69. The molecule has 0 aliphatic heterocycles. The van der Waals surface area contributed by atoms with Gasteiger partial charge in [-0.2, -0.15) is 0 Å². The quantitative estimate of drug-likeness (QED) is 0.330. The van der Waals surface area contributed by atoms with Crippen LogP contribution in [0.15, 0.2) is 18.2 Å². The highest BCUT2D eigenvalue weighted by Gasteiger charge is 2.12. The highest BCUT2D eigenvalue weighted by molar-refractivity contribution is 6.21. The Labute approximate surface area is 109 Å². The van der Waals surface area contributed by atoms with Crippen LogP contribution in [0.3, 0.4) is 0 Å². The van der Waals surface area contributed by atoms with Gasteiger partial charge in [0.2, 0.25) is 6.29 Å². The van der Waals surface area contributed by atoms with Crippen molar-refractivity contribution in [2.24, 2.45) is 0 Å². The molecule has 0 heterocycles. The molecule has 19 heavy (non-hydrogen) atoms. The van der Waals surface area contributed by atoms with Crippen LogP contribution < -0.4 is 9.47 Å². The monoisotopic (exact) mass is 266 g/mol. The molecule has 0 aliphatic rings. The van der Waals surface area contributed by atoms with Gasteiger partial charge in [0.15, 0.2) is 17.3 Å². The number of ketones is 1. The molecule has 1 rings (SSSR count). The van der Waals surface area contributed by atoms with E-state index < -0.39 is 12.6 Å². The third-order valence-electron chi connectivity index (χ3n) is 2.19. The molecule has 6 heteroatoms. The molecule has 0 unspecified atom stereocenters. The van der Waals surface area contributed by atoms with Gasteiger partial charge in [0.1, 0.15) is 6.61 Å². The van der Waals surface area contributed by atoms with Crippen LogP contribution in [0.4, 0.5) is 0 Å². The molecule has 0 atom stereocenters. The summed E-state index contributed by atoms with van der Waals surface area (Å²) >= 11 is 0. The fourth-order valence-electron chi connectivity index (χ4n) is 1.43. The largest absolute Gasteiger partial charge is 0.490 e. The average molecular weight is 266 g/mol. The summed E-state index contributed by atoms with van der Waals surface area (Å²) in [5.41, 5.74) is 0.619. The molecular formula is C13H14O6. The van der Waals surface area contributed by atoms with Crippen molar-refractivity contribution in [3.05, 3.63) is 23.8 Å². The van der Waals surface area contributed by atoms with Crippen molar-refractivity contribution >= 4 is 18.0 Å². The second-order valence-electron chi connectivity index (χ2n) is 3.63. The number of carbonyl (C=O) groups is 3. The van der Waals surface area contributed by atoms with Crippen molar-refractivity contribution in [2.75, 3.05) is 13.2 Å². The van der Waals surface area contributed by atoms with Crippen LogP contribution in [-0.2, 0) is 20.8 Å². The van der Waals surface area contributed by atoms with Crippen LogP contribution in [0.2, 0.25) is 0 Å². The Hall–Kier alpha value is -2.21. The van der Waals surface area contributed by atoms with Gasteiger partial charge in [-0.25, -0.2) is 4.79 Å². The second kappa shape index (κ2) is 7.27. The van der Waals surface area contributed by atoms with E-state index in [4.69, 9.17) is 14.6 Å². The number of carbonyl (C=O) groups excluding carboxylic acids is 3. The van der Waals surface area contributed by atoms with Crippen LogP contribution in [0, 0.1) is 0 Å². The number of hydrogen-bond acceptors (Lipinski definition) is 6. The lowest BCUT2D eigenvalue weighted by atomic mass is 10.1. The first-order valence-electron chi connectivity index (χ1n) is 5.66. The van der Waals surface area contributed by atoms with Gasteiger partial charge in [0.25, 0.3) is 0 Å². The molecular weight excluding hydrogens is 252 g/mol. The maximum Gasteiger partial charge on any atom is 0.376 e. The minimum atomic E-state index is -1.03. The average Bonchev–Trinajstić information content (AvgIpc) is 2.41. The van der Waals surface area contributed by atoms with E-state index in [1.165, 1.54) is 12.1 Å². The van der Waals surface area contributed by atoms with E-state index in [1.807, 2.05) is 0 Å². The minimum Gasteiger partial charge on any atom is -0.490 e. The normalized spacial score (nSPS) is 9.79. The summed E-state index contributed by atoms with van der Waals surface area (Å²) in [5.74, 6) is -0.986. The highest BCUT2D eigenvalue weighted by Crippen LogP contribution is 2.28. The van der Waals surface area contributed by atoms with E-state index in [0.29, 0.717) is 12.2 Å². The van der Waals surface area contributed by atoms with E-state index in [0.717, 1.165) is 0 Å². The number of ether oxygens (including phenoxy) is 2. The second-order valence-corrected chi connectivity index (χ2v) is 3.63. The number of esters is 1. The highest BCUT2D eigenvalue weighted by atomic mass is 16.6. The maximum absolute atomic E-state index is 11.1. The lowest BCUT2D eigenvalue weighted by molar-refractivity contribution is -0.141. The Morgan fingerprint density at radius 2 is 2.05 bits per heavy atom. The molecule has 6 nitrogen and oxygen atoms in total. The first-order chi connectivity index (χ1) is 9.10. The number of benzene rings is 1. The van der Waals surface area contributed by atoms with Gasteiger partial charge in [-0.05, 0) is 24.6 Å². The van der Waals surface area contributed by atoms with Gasteiger partial charge in [0, 0.05) is 6.42 Å². The fraction of sp³-hybridized carbons (Fsp3) is 0.308. The molecule has 1 N–H and O–H groups in total. The molecule has 0 saturated carbocycles. The smallest absolute Gasteiger partial charge is 0.376 e. The van der Waals surface area contributed by atoms with Crippen molar-refractivity contribution in [3.8, 4) is 11.5 Å². The number of aliphatic hydroxyl groups excluding tert-OH is 1. The molecule has 0 bridgehead atoms. The summed E-state index contributed by atoms with van der Waals surface area (Å²) in [6, 6.07) is 4.53. The number of aliphatic hydroxyl groups is 1. The van der Waals surface area contributed by atoms with Crippen LogP contribution in [0.25, 0.3) is 0 Å². The molecule has 0 amide bonds. The standard InChI is InChI=1S/C13H14O6/c1-2-18-12-6-9(5-10(16)7-14)3-4-11(12)19-13(17)8-15/h3-4,6,8,14H,2,5,7H2,1H3. The van der Waals surface area contributed by atoms with Crippen molar-refractivity contribution in [2.45, 2.75) is 13.3 Å². The fourth-order valence-corrected chi connectivity index (χ4v) is 1.43. The van der Waals surface area contributed by atoms with Crippen molar-refractivity contribution < 1.29 is 29.0 Å². The van der Waals surface area contributed by atoms with Gasteiger partial charge in [-0.3, -0.25) is 9.59 Å². The van der Waals surface area contributed by atoms with Crippen LogP contribution >= 0.6 is 0 Å². The SMILES string of the molecule is CCOc1cc(CC(=O)CO)ccc1OC(=O)C=O. The Morgan fingerprint density at radius 1 is 1.32 bits per heavy atom. The zero-order valence-electron chi connectivity index (χ0n) is 10.4. The Bertz CT molecular complexity index is 480. The first kappa shape index (κ1) is 14.8. The van der Waals surface area contributed by atoms with Gasteiger partial charge in [0.05, 0.1) is 6.61 Å². The zero-order valence-corrected chi connectivity index (χ0v) is 10.4. The number of Topliss-reactive ketones (excluding diaryl/α,β-unsaturated/α-hetero) is 1. The van der Waals surface area contributed by atoms with E-state index >= 15 is 0 Å². The molecule has 0 aliphatic carbocycles. The zero-order chi connectivity index (χ0) is 14.3. The van der Waals surface area contributed by atoms with E-state index in [2.05, 4.69) is 0 Å². The molecule has 1 aromatic rings. The Balaban J connectivity index is 2.96. The predicted octanol–water partition coefficient (Wildman–Crippen LogP) is 0.293. The summed E-state index contributed by atoms with van der Waals surface area (Å²) in [4.78, 5) is 32.3. The van der Waals surface area contributed by atoms with E-state index in [-0.39, 0.29) is 30.0 Å². The topological polar surface area (TPSA) is 89.9 Å². The molecule has 102 valence electrons. The predicted molar refractivity (Wildman–Crippen MR) is 65.1 cm³/mol. The van der Waals surface area contributed by atoms with Crippen molar-refractivity contribution in [1.82, 2.24) is 0 Å². The Kier molecular flexibility index (Phi) is 5.69. The molecule has 0 radical (unpaired) electrons. The maximum atomic E-state index is 11.1. The third-order valence-corrected chi connectivity index (χ3v) is 2.19. The van der Waals surface area contributed by atoms with E-state index in [1.54, 1.807) is 13.0 Å². The van der Waals surface area contributed by atoms with E-state index in [9.17, 15) is 14.4 Å². The summed E-state index contributed by atoms with van der Waals surface area (Å²) in [6.45, 7) is 1.55. The van der Waals surface area contributed by atoms with Gasteiger partial charge in [-0.1, -0.05) is 6.07 Å². The number of hydrogen-bond donors (Lipinski definition) is 1. The number of aldehydes is 1. The van der Waals surface area contributed by atoms with Crippen LogP contribution in [-0.4, -0.2) is 36.4 Å². The van der Waals surface area contributed by atoms with Gasteiger partial charge < -0.3 is 14.6 Å². The van der Waals surface area contributed by atoms with Gasteiger partial charge >= 0.3 is 5.97 Å². The van der Waals surface area contributed by atoms with Gasteiger partial charge in [-0.15, -0.1) is 0 Å². The first-order valence-corrected chi connectivity index (χ1v) is 5.66. The molecule has 0 spiro atoms.